The number of piperidine rings is 1. The molecule has 2 heterocycles. The number of rotatable bonds is 3. The predicted octanol–water partition coefficient (Wildman–Crippen LogP) is 3.95. The Morgan fingerprint density at radius 3 is 2.54 bits per heavy atom. The number of carbonyl (C=O) groups excluding carboxylic acids is 1. The van der Waals surface area contributed by atoms with E-state index in [1.807, 2.05) is 31.7 Å². The van der Waals surface area contributed by atoms with Crippen LogP contribution in [0.25, 0.3) is 0 Å². The maximum absolute atomic E-state index is 12.7. The van der Waals surface area contributed by atoms with Crippen LogP contribution < -0.4 is 5.32 Å². The van der Waals surface area contributed by atoms with Crippen molar-refractivity contribution in [3.05, 3.63) is 35.9 Å². The Kier molecular flexibility index (Phi) is 4.86. The van der Waals surface area contributed by atoms with Crippen LogP contribution in [-0.2, 0) is 11.3 Å². The lowest BCUT2D eigenvalue weighted by atomic mass is 9.88. The highest BCUT2D eigenvalue weighted by atomic mass is 16.6. The Bertz CT molecular complexity index is 567. The summed E-state index contributed by atoms with van der Waals surface area (Å²) in [7, 11) is 0. The average Bonchev–Trinajstić information content (AvgIpc) is 2.89. The Morgan fingerprint density at radius 1 is 1.21 bits per heavy atom. The summed E-state index contributed by atoms with van der Waals surface area (Å²) in [6.45, 7) is 8.92. The molecule has 0 saturated carbocycles. The van der Waals surface area contributed by atoms with Gasteiger partial charge in [0.15, 0.2) is 0 Å². The van der Waals surface area contributed by atoms with Gasteiger partial charge in [-0.1, -0.05) is 37.3 Å². The zero-order chi connectivity index (χ0) is 17.3. The summed E-state index contributed by atoms with van der Waals surface area (Å²) in [5.74, 6) is 0.504. The van der Waals surface area contributed by atoms with Crippen LogP contribution in [0.3, 0.4) is 0 Å². The number of ether oxygens (including phenoxy) is 1. The molecule has 1 aromatic carbocycles. The van der Waals surface area contributed by atoms with Gasteiger partial charge in [-0.05, 0) is 51.5 Å². The Morgan fingerprint density at radius 2 is 1.88 bits per heavy atom. The van der Waals surface area contributed by atoms with Crippen LogP contribution in [0, 0.1) is 5.92 Å². The van der Waals surface area contributed by atoms with E-state index in [9.17, 15) is 4.79 Å². The van der Waals surface area contributed by atoms with Crippen LogP contribution in [0.15, 0.2) is 30.3 Å². The van der Waals surface area contributed by atoms with Crippen molar-refractivity contribution in [2.45, 2.75) is 77.2 Å². The van der Waals surface area contributed by atoms with Gasteiger partial charge in [-0.15, -0.1) is 0 Å². The van der Waals surface area contributed by atoms with Gasteiger partial charge in [-0.3, -0.25) is 0 Å². The van der Waals surface area contributed by atoms with Crippen molar-refractivity contribution in [3.8, 4) is 0 Å². The van der Waals surface area contributed by atoms with Gasteiger partial charge in [-0.25, -0.2) is 4.79 Å². The van der Waals surface area contributed by atoms with E-state index >= 15 is 0 Å². The summed E-state index contributed by atoms with van der Waals surface area (Å²) in [4.78, 5) is 14.7. The van der Waals surface area contributed by atoms with Gasteiger partial charge in [0.25, 0.3) is 0 Å². The number of nitrogens with zero attached hydrogens (tertiary/aromatic N) is 1. The first-order valence-electron chi connectivity index (χ1n) is 9.14. The number of hydrogen-bond acceptors (Lipinski definition) is 3. The molecule has 2 fully saturated rings. The molecule has 2 aliphatic rings. The van der Waals surface area contributed by atoms with Crippen LogP contribution in [0.2, 0.25) is 0 Å². The summed E-state index contributed by atoms with van der Waals surface area (Å²) >= 11 is 0. The molecule has 1 N–H and O–H groups in total. The summed E-state index contributed by atoms with van der Waals surface area (Å²) in [6, 6.07) is 11.4. The Balaban J connectivity index is 1.69. The third-order valence-electron chi connectivity index (χ3n) is 5.24. The van der Waals surface area contributed by atoms with Gasteiger partial charge in [0.2, 0.25) is 0 Å². The Labute approximate surface area is 145 Å². The van der Waals surface area contributed by atoms with Gasteiger partial charge in [0.05, 0.1) is 6.04 Å². The van der Waals surface area contributed by atoms with E-state index in [1.165, 1.54) is 5.56 Å². The smallest absolute Gasteiger partial charge is 0.410 e. The van der Waals surface area contributed by atoms with Crippen LogP contribution in [-0.4, -0.2) is 34.7 Å². The third-order valence-corrected chi connectivity index (χ3v) is 5.24. The average molecular weight is 330 g/mol. The summed E-state index contributed by atoms with van der Waals surface area (Å²) in [6.07, 6.45) is 3.14. The molecular formula is C20H30N2O2. The molecule has 0 aliphatic carbocycles. The number of nitrogens with one attached hydrogen (secondary N) is 1. The molecular weight excluding hydrogens is 300 g/mol. The van der Waals surface area contributed by atoms with Gasteiger partial charge >= 0.3 is 6.09 Å². The standard InChI is InChI=1S/C20H30N2O2/c1-14-12-16(21-13-15-8-6-5-7-9-15)18-11-10-17(14)22(18)19(23)24-20(2,3)4/h5-9,14,16-18,21H,10-13H2,1-4H3. The molecule has 4 nitrogen and oxygen atoms in total. The topological polar surface area (TPSA) is 41.6 Å². The second kappa shape index (κ2) is 6.75. The van der Waals surface area contributed by atoms with Crippen molar-refractivity contribution >= 4 is 6.09 Å². The van der Waals surface area contributed by atoms with Gasteiger partial charge in [0, 0.05) is 18.6 Å². The first-order valence-corrected chi connectivity index (χ1v) is 9.14. The molecule has 3 rings (SSSR count). The van der Waals surface area contributed by atoms with Crippen molar-refractivity contribution in [2.75, 3.05) is 0 Å². The van der Waals surface area contributed by atoms with Gasteiger partial charge < -0.3 is 15.0 Å². The van der Waals surface area contributed by atoms with E-state index in [1.54, 1.807) is 0 Å². The van der Waals surface area contributed by atoms with Gasteiger partial charge in [-0.2, -0.15) is 0 Å². The molecule has 24 heavy (non-hydrogen) atoms. The molecule has 2 bridgehead atoms. The van der Waals surface area contributed by atoms with Crippen LogP contribution in [0.1, 0.15) is 52.5 Å². The molecule has 0 radical (unpaired) electrons. The van der Waals surface area contributed by atoms with E-state index in [2.05, 4.69) is 36.5 Å². The number of hydrogen-bond donors (Lipinski definition) is 1. The lowest BCUT2D eigenvalue weighted by molar-refractivity contribution is -0.00644. The van der Waals surface area contributed by atoms with Crippen molar-refractivity contribution < 1.29 is 9.53 Å². The lowest BCUT2D eigenvalue weighted by Gasteiger charge is -2.44. The fourth-order valence-corrected chi connectivity index (χ4v) is 4.18. The summed E-state index contributed by atoms with van der Waals surface area (Å²) in [5.41, 5.74) is 0.846. The largest absolute Gasteiger partial charge is 0.444 e. The third kappa shape index (κ3) is 3.75. The minimum absolute atomic E-state index is 0.145. The molecule has 1 aromatic rings. The molecule has 0 spiro atoms. The molecule has 2 aliphatic heterocycles. The molecule has 0 aromatic heterocycles. The maximum atomic E-state index is 12.7. The van der Waals surface area contributed by atoms with Crippen LogP contribution in [0.5, 0.6) is 0 Å². The van der Waals surface area contributed by atoms with E-state index in [4.69, 9.17) is 4.74 Å². The first-order chi connectivity index (χ1) is 11.3. The number of fused-ring (bicyclic) bond motifs is 2. The minimum atomic E-state index is -0.440. The zero-order valence-electron chi connectivity index (χ0n) is 15.3. The highest BCUT2D eigenvalue weighted by Gasteiger charge is 2.49. The highest BCUT2D eigenvalue weighted by Crippen LogP contribution is 2.40. The molecule has 4 atom stereocenters. The Hall–Kier alpha value is -1.55. The van der Waals surface area contributed by atoms with Crippen LogP contribution >= 0.6 is 0 Å². The monoisotopic (exact) mass is 330 g/mol. The van der Waals surface area contributed by atoms with Crippen molar-refractivity contribution in [2.24, 2.45) is 5.92 Å². The second-order valence-electron chi connectivity index (χ2n) is 8.29. The molecule has 4 heteroatoms. The minimum Gasteiger partial charge on any atom is -0.444 e. The zero-order valence-corrected chi connectivity index (χ0v) is 15.3. The van der Waals surface area contributed by atoms with Crippen molar-refractivity contribution in [1.82, 2.24) is 10.2 Å². The molecule has 1 amide bonds. The van der Waals surface area contributed by atoms with Gasteiger partial charge in [0.1, 0.15) is 5.60 Å². The number of carbonyl (C=O) groups is 1. The second-order valence-corrected chi connectivity index (χ2v) is 8.29. The fourth-order valence-electron chi connectivity index (χ4n) is 4.18. The fraction of sp³-hybridized carbons (Fsp3) is 0.650. The predicted molar refractivity (Wildman–Crippen MR) is 95.7 cm³/mol. The van der Waals surface area contributed by atoms with E-state index < -0.39 is 5.60 Å². The van der Waals surface area contributed by atoms with Crippen molar-refractivity contribution in [3.63, 3.8) is 0 Å². The van der Waals surface area contributed by atoms with Crippen LogP contribution in [0.4, 0.5) is 4.79 Å². The number of amides is 1. The van der Waals surface area contributed by atoms with E-state index in [0.717, 1.165) is 25.8 Å². The van der Waals surface area contributed by atoms with Crippen molar-refractivity contribution in [1.29, 1.82) is 0 Å². The molecule has 4 unspecified atom stereocenters. The SMILES string of the molecule is CC1CC(NCc2ccccc2)C2CCC1N2C(=O)OC(C)(C)C. The molecule has 2 saturated heterocycles. The summed E-state index contributed by atoms with van der Waals surface area (Å²) in [5, 5.41) is 3.69. The summed E-state index contributed by atoms with van der Waals surface area (Å²) < 4.78 is 5.68. The normalized spacial score (nSPS) is 29.6. The van der Waals surface area contributed by atoms with E-state index in [-0.39, 0.29) is 12.1 Å². The number of benzene rings is 1. The first kappa shape index (κ1) is 17.3. The lowest BCUT2D eigenvalue weighted by Crippen LogP contribution is -2.58. The molecule has 132 valence electrons. The van der Waals surface area contributed by atoms with E-state index in [0.29, 0.717) is 18.0 Å². The highest BCUT2D eigenvalue weighted by molar-refractivity contribution is 5.70. The maximum Gasteiger partial charge on any atom is 0.410 e. The quantitative estimate of drug-likeness (QED) is 0.912.